The van der Waals surface area contributed by atoms with E-state index in [1.807, 2.05) is 0 Å². The number of nitrogens with zero attached hydrogens (tertiary/aromatic N) is 3. The van der Waals surface area contributed by atoms with Gasteiger partial charge in [-0.1, -0.05) is 62.2 Å². The van der Waals surface area contributed by atoms with Gasteiger partial charge in [0.05, 0.1) is 6.07 Å². The molecule has 2 aromatic rings. The van der Waals surface area contributed by atoms with Crippen molar-refractivity contribution in [3.63, 3.8) is 0 Å². The lowest BCUT2D eigenvalue weighted by Crippen LogP contribution is -2.44. The van der Waals surface area contributed by atoms with Crippen molar-refractivity contribution in [3.8, 4) is 17.2 Å². The Kier molecular flexibility index (Phi) is 7.92. The largest absolute Gasteiger partial charge is 0.399 e. The molecule has 3 aliphatic rings. The van der Waals surface area contributed by atoms with Crippen LogP contribution in [0.4, 0.5) is 0 Å². The molecule has 0 bridgehead atoms. The second kappa shape index (κ2) is 11.2. The number of fused-ring (bicyclic) bond motifs is 3. The molecule has 0 spiro atoms. The van der Waals surface area contributed by atoms with Crippen LogP contribution in [0.2, 0.25) is 0 Å². The topological polar surface area (TPSA) is 56.3 Å². The van der Waals surface area contributed by atoms with Gasteiger partial charge in [-0.05, 0) is 128 Å². The molecular formula is C39H46N4. The molecule has 0 aromatic heterocycles. The van der Waals surface area contributed by atoms with E-state index in [1.54, 1.807) is 0 Å². The molecule has 4 nitrogen and oxygen atoms in total. The number of allylic oxidation sites excluding steroid dienone is 5. The molecule has 5 rings (SSSR count). The number of likely N-dealkylation sites (N-methyl/N-ethyl adjacent to an activating group) is 2. The molecule has 0 saturated carbocycles. The van der Waals surface area contributed by atoms with E-state index in [1.165, 1.54) is 39.0 Å². The highest BCUT2D eigenvalue weighted by Gasteiger charge is 2.53. The van der Waals surface area contributed by atoms with Gasteiger partial charge in [0.15, 0.2) is 0 Å². The second-order valence-corrected chi connectivity index (χ2v) is 13.2. The molecule has 0 saturated heterocycles. The van der Waals surface area contributed by atoms with Gasteiger partial charge in [-0.15, -0.1) is 0 Å². The van der Waals surface area contributed by atoms with E-state index in [9.17, 15) is 5.26 Å². The van der Waals surface area contributed by atoms with Gasteiger partial charge < -0.3 is 15.5 Å². The zero-order valence-corrected chi connectivity index (χ0v) is 26.9. The normalized spacial score (nSPS) is 23.0. The van der Waals surface area contributed by atoms with Crippen LogP contribution < -0.4 is 5.73 Å². The molecule has 0 heterocycles. The Labute approximate surface area is 258 Å². The van der Waals surface area contributed by atoms with Gasteiger partial charge in [-0.2, -0.15) is 5.26 Å². The van der Waals surface area contributed by atoms with Gasteiger partial charge in [0.25, 0.3) is 0 Å². The molecule has 0 aliphatic heterocycles. The second-order valence-electron chi connectivity index (χ2n) is 13.2. The van der Waals surface area contributed by atoms with Crippen LogP contribution in [-0.4, -0.2) is 44.0 Å². The van der Waals surface area contributed by atoms with Gasteiger partial charge in [0, 0.05) is 37.1 Å². The van der Waals surface area contributed by atoms with Gasteiger partial charge in [-0.25, -0.2) is 0 Å². The van der Waals surface area contributed by atoms with Crippen LogP contribution in [0.3, 0.4) is 0 Å². The summed E-state index contributed by atoms with van der Waals surface area (Å²) < 4.78 is 0. The zero-order valence-electron chi connectivity index (χ0n) is 26.9. The SMILES string of the molecule is C=C(N)C1=C(C)C[C@@H]2C[C@@H]3Cc4c(-c5cccc(C(=C)N(C)CCN(C)C)c5)ccc(C)c4C(=C)C3=C(C)[C@]2(C#N)C1=C. The fourth-order valence-electron chi connectivity index (χ4n) is 8.09. The van der Waals surface area contributed by atoms with Crippen LogP contribution in [0, 0.1) is 35.5 Å². The standard InChI is InChI=1S/C39H46N4/c1-23-14-15-34(31-13-11-12-30(19-31)29(7)43(10)17-16-42(8)9)35-21-32-20-33-18-24(2)37(28(6)41)26(4)39(33,22-40)27(5)38(32)25(3)36(23)35/h11-15,19,32-33H,3-4,6-7,16-18,20-21,41H2,1-2,5,8-10H3/t32-,33-,39+/m1/s1. The van der Waals surface area contributed by atoms with Crippen molar-refractivity contribution < 1.29 is 0 Å². The number of rotatable bonds is 7. The molecule has 3 atom stereocenters. The fraction of sp³-hybridized carbons (Fsp3) is 0.359. The van der Waals surface area contributed by atoms with E-state index >= 15 is 0 Å². The third kappa shape index (κ3) is 4.81. The van der Waals surface area contributed by atoms with Crippen LogP contribution in [0.5, 0.6) is 0 Å². The summed E-state index contributed by atoms with van der Waals surface area (Å²) in [4.78, 5) is 4.42. The summed E-state index contributed by atoms with van der Waals surface area (Å²) in [6, 6.07) is 16.0. The Balaban J connectivity index is 1.59. The summed E-state index contributed by atoms with van der Waals surface area (Å²) >= 11 is 0. The maximum atomic E-state index is 10.8. The third-order valence-corrected chi connectivity index (χ3v) is 10.3. The number of hydrogen-bond acceptors (Lipinski definition) is 4. The molecule has 2 N–H and O–H groups in total. The number of nitrogens with two attached hydrogens (primary N) is 1. The molecule has 43 heavy (non-hydrogen) atoms. The van der Waals surface area contributed by atoms with Gasteiger partial charge in [0.2, 0.25) is 0 Å². The quantitative estimate of drug-likeness (QED) is 0.368. The molecule has 0 radical (unpaired) electrons. The number of benzene rings is 2. The first-order valence-corrected chi connectivity index (χ1v) is 15.3. The molecule has 0 unspecified atom stereocenters. The van der Waals surface area contributed by atoms with E-state index in [2.05, 4.69) is 114 Å². The molecule has 222 valence electrons. The van der Waals surface area contributed by atoms with Crippen molar-refractivity contribution in [1.82, 2.24) is 9.80 Å². The number of hydrogen-bond donors (Lipinski definition) is 1. The van der Waals surface area contributed by atoms with Crippen molar-refractivity contribution in [3.05, 3.63) is 119 Å². The van der Waals surface area contributed by atoms with Crippen LogP contribution >= 0.6 is 0 Å². The van der Waals surface area contributed by atoms with Crippen molar-refractivity contribution in [2.75, 3.05) is 34.2 Å². The summed E-state index contributed by atoms with van der Waals surface area (Å²) in [5.41, 5.74) is 20.6. The fourth-order valence-corrected chi connectivity index (χ4v) is 8.09. The first-order valence-electron chi connectivity index (χ1n) is 15.3. The van der Waals surface area contributed by atoms with E-state index in [0.717, 1.165) is 65.9 Å². The summed E-state index contributed by atoms with van der Waals surface area (Å²) in [7, 11) is 6.30. The van der Waals surface area contributed by atoms with Crippen molar-refractivity contribution in [2.45, 2.75) is 40.0 Å². The van der Waals surface area contributed by atoms with Gasteiger partial charge >= 0.3 is 0 Å². The van der Waals surface area contributed by atoms with Crippen LogP contribution in [0.25, 0.3) is 22.4 Å². The number of nitriles is 1. The highest BCUT2D eigenvalue weighted by atomic mass is 15.2. The van der Waals surface area contributed by atoms with Crippen LogP contribution in [0.15, 0.2) is 96.3 Å². The highest BCUT2D eigenvalue weighted by Crippen LogP contribution is 2.61. The average molecular weight is 571 g/mol. The molecule has 0 amide bonds. The Morgan fingerprint density at radius 1 is 1.05 bits per heavy atom. The minimum Gasteiger partial charge on any atom is -0.399 e. The first-order chi connectivity index (χ1) is 20.3. The van der Waals surface area contributed by atoms with Crippen LogP contribution in [-0.2, 0) is 6.42 Å². The Morgan fingerprint density at radius 3 is 2.42 bits per heavy atom. The highest BCUT2D eigenvalue weighted by molar-refractivity contribution is 5.89. The maximum absolute atomic E-state index is 10.8. The van der Waals surface area contributed by atoms with Gasteiger partial charge in [-0.3, -0.25) is 0 Å². The van der Waals surface area contributed by atoms with Crippen molar-refractivity contribution in [2.24, 2.45) is 23.0 Å². The summed E-state index contributed by atoms with van der Waals surface area (Å²) in [6.07, 6.45) is 2.67. The van der Waals surface area contributed by atoms with E-state index in [4.69, 9.17) is 12.3 Å². The lowest BCUT2D eigenvalue weighted by molar-refractivity contribution is 0.244. The summed E-state index contributed by atoms with van der Waals surface area (Å²) in [5, 5.41) is 10.8. The summed E-state index contributed by atoms with van der Waals surface area (Å²) in [5.74, 6) is 0.444. The Bertz CT molecular complexity index is 1670. The monoisotopic (exact) mass is 570 g/mol. The maximum Gasteiger partial charge on any atom is 0.107 e. The van der Waals surface area contributed by atoms with Gasteiger partial charge in [0.1, 0.15) is 5.41 Å². The Morgan fingerprint density at radius 2 is 1.77 bits per heavy atom. The predicted octanol–water partition coefficient (Wildman–Crippen LogP) is 7.91. The molecule has 3 aliphatic carbocycles. The van der Waals surface area contributed by atoms with Crippen LogP contribution in [0.1, 0.15) is 48.9 Å². The first kappa shape index (κ1) is 30.4. The molecule has 4 heteroatoms. The Hall–Kier alpha value is -4.07. The molecule has 0 fully saturated rings. The minimum absolute atomic E-state index is 0.147. The number of aryl methyl sites for hydroxylation is 1. The summed E-state index contributed by atoms with van der Waals surface area (Å²) in [6.45, 7) is 26.0. The van der Waals surface area contributed by atoms with Crippen molar-refractivity contribution >= 4 is 11.3 Å². The predicted molar refractivity (Wildman–Crippen MR) is 182 cm³/mol. The molecule has 2 aromatic carbocycles. The third-order valence-electron chi connectivity index (χ3n) is 10.3. The lowest BCUT2D eigenvalue weighted by atomic mass is 9.51. The minimum atomic E-state index is -0.789. The average Bonchev–Trinajstić information content (AvgIpc) is 2.95. The van der Waals surface area contributed by atoms with E-state index in [-0.39, 0.29) is 5.92 Å². The van der Waals surface area contributed by atoms with E-state index in [0.29, 0.717) is 11.6 Å². The molecular weight excluding hydrogens is 524 g/mol. The smallest absolute Gasteiger partial charge is 0.107 e. The zero-order chi connectivity index (χ0) is 31.4. The van der Waals surface area contributed by atoms with Crippen molar-refractivity contribution in [1.29, 1.82) is 5.26 Å². The van der Waals surface area contributed by atoms with E-state index < -0.39 is 5.41 Å². The lowest BCUT2D eigenvalue weighted by Gasteiger charge is -2.51.